The molecule has 0 saturated heterocycles. The second kappa shape index (κ2) is 1.65. The van der Waals surface area contributed by atoms with E-state index in [-0.39, 0.29) is 5.41 Å². The van der Waals surface area contributed by atoms with Gasteiger partial charge in [0.1, 0.15) is 0 Å². The van der Waals surface area contributed by atoms with Crippen LogP contribution in [0.1, 0.15) is 32.6 Å². The monoisotopic (exact) mass is 164 g/mol. The van der Waals surface area contributed by atoms with Crippen molar-refractivity contribution in [2.75, 3.05) is 6.61 Å². The highest BCUT2D eigenvalue weighted by Gasteiger charge is 2.76. The van der Waals surface area contributed by atoms with E-state index in [9.17, 15) is 5.11 Å². The topological polar surface area (TPSA) is 20.2 Å². The molecule has 0 amide bonds. The van der Waals surface area contributed by atoms with Crippen molar-refractivity contribution in [2.45, 2.75) is 32.6 Å². The normalized spacial score (nSPS) is 60.2. The van der Waals surface area contributed by atoms with Gasteiger partial charge in [-0.3, -0.25) is 0 Å². The van der Waals surface area contributed by atoms with Crippen molar-refractivity contribution in [3.63, 3.8) is 0 Å². The van der Waals surface area contributed by atoms with Gasteiger partial charge in [0.15, 0.2) is 0 Å². The van der Waals surface area contributed by atoms with E-state index in [2.05, 4.69) is 19.1 Å². The lowest BCUT2D eigenvalue weighted by molar-refractivity contribution is 0.0891. The predicted octanol–water partition coefficient (Wildman–Crippen LogP) is 2.12. The van der Waals surface area contributed by atoms with Crippen LogP contribution < -0.4 is 0 Å². The summed E-state index contributed by atoms with van der Waals surface area (Å²) >= 11 is 0. The Morgan fingerprint density at radius 2 is 2.25 bits per heavy atom. The third-order valence-corrected chi connectivity index (χ3v) is 4.94. The molecular formula is C11H16O. The Balaban J connectivity index is 2.09. The Hall–Kier alpha value is -0.300. The van der Waals surface area contributed by atoms with Gasteiger partial charge < -0.3 is 5.11 Å². The summed E-state index contributed by atoms with van der Waals surface area (Å²) in [5.74, 6) is 0. The maximum absolute atomic E-state index is 9.49. The van der Waals surface area contributed by atoms with Crippen LogP contribution in [0.2, 0.25) is 0 Å². The van der Waals surface area contributed by atoms with Crippen LogP contribution in [-0.4, -0.2) is 11.7 Å². The number of allylic oxidation sites excluding steroid dienone is 2. The van der Waals surface area contributed by atoms with Crippen LogP contribution in [0.3, 0.4) is 0 Å². The molecule has 2 saturated carbocycles. The fraction of sp³-hybridized carbons (Fsp3) is 0.818. The van der Waals surface area contributed by atoms with E-state index in [1.54, 1.807) is 0 Å². The van der Waals surface area contributed by atoms with Crippen molar-refractivity contribution in [1.29, 1.82) is 0 Å². The third kappa shape index (κ3) is 0.466. The zero-order valence-electron chi connectivity index (χ0n) is 7.64. The van der Waals surface area contributed by atoms with Crippen molar-refractivity contribution in [2.24, 2.45) is 16.2 Å². The zero-order valence-corrected chi connectivity index (χ0v) is 7.64. The molecule has 1 N–H and O–H groups in total. The van der Waals surface area contributed by atoms with Crippen LogP contribution in [0, 0.1) is 16.2 Å². The summed E-state index contributed by atoms with van der Waals surface area (Å²) in [5, 5.41) is 9.49. The quantitative estimate of drug-likeness (QED) is 0.588. The number of aliphatic hydroxyl groups excluding tert-OH is 1. The second-order valence-electron chi connectivity index (χ2n) is 5.25. The van der Waals surface area contributed by atoms with Crippen LogP contribution in [-0.2, 0) is 0 Å². The van der Waals surface area contributed by atoms with Crippen molar-refractivity contribution in [3.8, 4) is 0 Å². The molecule has 1 spiro atoms. The predicted molar refractivity (Wildman–Crippen MR) is 47.7 cm³/mol. The molecule has 3 aliphatic rings. The van der Waals surface area contributed by atoms with Gasteiger partial charge in [0, 0.05) is 17.4 Å². The first-order valence-corrected chi connectivity index (χ1v) is 4.97. The van der Waals surface area contributed by atoms with Crippen molar-refractivity contribution in [1.82, 2.24) is 0 Å². The van der Waals surface area contributed by atoms with E-state index in [0.717, 1.165) is 6.42 Å². The minimum atomic E-state index is 0.266. The molecule has 12 heavy (non-hydrogen) atoms. The van der Waals surface area contributed by atoms with Gasteiger partial charge in [0.25, 0.3) is 0 Å². The maximum Gasteiger partial charge on any atom is 0.0498 e. The number of hydrogen-bond donors (Lipinski definition) is 1. The standard InChI is InChI=1S/C11H16O/c1-9-5-6-10(8-12)3-2-4-11(9,10)7-9/h2,4,12H,3,5-8H2,1H3/t9-,10+,11+/m1/s1. The molecule has 0 heterocycles. The molecule has 1 heteroatoms. The molecule has 0 radical (unpaired) electrons. The Morgan fingerprint density at radius 1 is 1.42 bits per heavy atom. The Kier molecular flexibility index (Phi) is 0.981. The minimum Gasteiger partial charge on any atom is -0.396 e. The summed E-state index contributed by atoms with van der Waals surface area (Å²) in [6, 6.07) is 0. The average molecular weight is 164 g/mol. The first-order chi connectivity index (χ1) is 5.68. The molecule has 3 atom stereocenters. The molecule has 0 bridgehead atoms. The summed E-state index contributed by atoms with van der Waals surface area (Å²) in [6.07, 6.45) is 9.72. The molecule has 0 unspecified atom stereocenters. The fourth-order valence-corrected chi connectivity index (χ4v) is 3.94. The first kappa shape index (κ1) is 7.14. The van der Waals surface area contributed by atoms with E-state index >= 15 is 0 Å². The van der Waals surface area contributed by atoms with Gasteiger partial charge in [-0.05, 0) is 31.1 Å². The minimum absolute atomic E-state index is 0.266. The lowest BCUT2D eigenvalue weighted by Gasteiger charge is -2.30. The Bertz CT molecular complexity index is 270. The van der Waals surface area contributed by atoms with E-state index in [1.807, 2.05) is 0 Å². The van der Waals surface area contributed by atoms with E-state index in [0.29, 0.717) is 17.4 Å². The van der Waals surface area contributed by atoms with Gasteiger partial charge in [0.2, 0.25) is 0 Å². The lowest BCUT2D eigenvalue weighted by Crippen LogP contribution is -2.29. The van der Waals surface area contributed by atoms with Crippen LogP contribution in [0.5, 0.6) is 0 Å². The van der Waals surface area contributed by atoms with Crippen LogP contribution >= 0.6 is 0 Å². The fourth-order valence-electron chi connectivity index (χ4n) is 3.94. The first-order valence-electron chi connectivity index (χ1n) is 4.97. The molecule has 1 nitrogen and oxygen atoms in total. The van der Waals surface area contributed by atoms with E-state index in [4.69, 9.17) is 0 Å². The second-order valence-corrected chi connectivity index (χ2v) is 5.25. The molecule has 3 aliphatic carbocycles. The highest BCUT2D eigenvalue weighted by atomic mass is 16.3. The number of rotatable bonds is 1. The molecular weight excluding hydrogens is 148 g/mol. The van der Waals surface area contributed by atoms with Gasteiger partial charge >= 0.3 is 0 Å². The molecule has 66 valence electrons. The molecule has 0 aliphatic heterocycles. The molecule has 3 rings (SSSR count). The molecule has 0 aromatic rings. The average Bonchev–Trinajstić information content (AvgIpc) is 2.40. The van der Waals surface area contributed by atoms with Crippen molar-refractivity contribution in [3.05, 3.63) is 12.2 Å². The zero-order chi connectivity index (χ0) is 8.45. The van der Waals surface area contributed by atoms with Gasteiger partial charge in [-0.2, -0.15) is 0 Å². The van der Waals surface area contributed by atoms with Gasteiger partial charge in [0.05, 0.1) is 0 Å². The van der Waals surface area contributed by atoms with Crippen LogP contribution in [0.15, 0.2) is 12.2 Å². The summed E-state index contributed by atoms with van der Waals surface area (Å²) < 4.78 is 0. The summed E-state index contributed by atoms with van der Waals surface area (Å²) in [6.45, 7) is 2.79. The van der Waals surface area contributed by atoms with Crippen molar-refractivity contribution < 1.29 is 5.11 Å². The summed E-state index contributed by atoms with van der Waals surface area (Å²) in [5.41, 5.74) is 1.25. The van der Waals surface area contributed by atoms with Crippen LogP contribution in [0.4, 0.5) is 0 Å². The smallest absolute Gasteiger partial charge is 0.0498 e. The lowest BCUT2D eigenvalue weighted by atomic mass is 9.75. The third-order valence-electron chi connectivity index (χ3n) is 4.94. The van der Waals surface area contributed by atoms with E-state index < -0.39 is 0 Å². The number of aliphatic hydroxyl groups is 1. The largest absolute Gasteiger partial charge is 0.396 e. The Labute approximate surface area is 73.5 Å². The SMILES string of the molecule is C[C@]12CC[C@]3(CO)CC=C[C@]13C2. The maximum atomic E-state index is 9.49. The van der Waals surface area contributed by atoms with Gasteiger partial charge in [-0.25, -0.2) is 0 Å². The van der Waals surface area contributed by atoms with Crippen molar-refractivity contribution >= 4 is 0 Å². The van der Waals surface area contributed by atoms with Crippen LogP contribution in [0.25, 0.3) is 0 Å². The van der Waals surface area contributed by atoms with E-state index in [1.165, 1.54) is 19.3 Å². The summed E-state index contributed by atoms with van der Waals surface area (Å²) in [4.78, 5) is 0. The highest BCUT2D eigenvalue weighted by Crippen LogP contribution is 2.83. The summed E-state index contributed by atoms with van der Waals surface area (Å²) in [7, 11) is 0. The molecule has 0 aromatic heterocycles. The molecule has 0 aromatic carbocycles. The van der Waals surface area contributed by atoms with Gasteiger partial charge in [-0.15, -0.1) is 0 Å². The number of hydrogen-bond acceptors (Lipinski definition) is 1. The highest BCUT2D eigenvalue weighted by molar-refractivity contribution is 5.36. The molecule has 2 fully saturated rings. The van der Waals surface area contributed by atoms with Gasteiger partial charge in [-0.1, -0.05) is 19.1 Å². The Morgan fingerprint density at radius 3 is 2.83 bits per heavy atom.